The third-order valence-corrected chi connectivity index (χ3v) is 3.91. The second-order valence-electron chi connectivity index (χ2n) is 5.55. The summed E-state index contributed by atoms with van der Waals surface area (Å²) in [7, 11) is 0. The zero-order chi connectivity index (χ0) is 17.3. The second kappa shape index (κ2) is 6.12. The molecule has 0 aliphatic carbocycles. The lowest BCUT2D eigenvalue weighted by Crippen LogP contribution is -2.08. The molecule has 126 valence electrons. The van der Waals surface area contributed by atoms with Gasteiger partial charge in [-0.1, -0.05) is 18.2 Å². The lowest BCUT2D eigenvalue weighted by Gasteiger charge is -2.11. The van der Waals surface area contributed by atoms with Crippen molar-refractivity contribution in [2.45, 2.75) is 25.8 Å². The zero-order valence-corrected chi connectivity index (χ0v) is 12.5. The van der Waals surface area contributed by atoms with E-state index in [0.29, 0.717) is 12.6 Å². The Morgan fingerprint density at radius 2 is 1.88 bits per heavy atom. The van der Waals surface area contributed by atoms with Crippen LogP contribution in [0.15, 0.2) is 36.4 Å². The molecule has 2 aromatic carbocycles. The van der Waals surface area contributed by atoms with Crippen molar-refractivity contribution in [1.82, 2.24) is 5.32 Å². The summed E-state index contributed by atoms with van der Waals surface area (Å²) in [5.41, 5.74) is 1.71. The molecule has 1 aliphatic heterocycles. The lowest BCUT2D eigenvalue weighted by atomic mass is 10.1. The Labute approximate surface area is 135 Å². The monoisotopic (exact) mass is 337 g/mol. The first-order valence-electron chi connectivity index (χ1n) is 7.25. The number of hydrogen-bond donors (Lipinski definition) is 2. The van der Waals surface area contributed by atoms with Gasteiger partial charge >= 0.3 is 6.18 Å². The second-order valence-corrected chi connectivity index (χ2v) is 5.55. The molecule has 0 spiro atoms. The van der Waals surface area contributed by atoms with Crippen LogP contribution in [-0.2, 0) is 25.8 Å². The molecule has 2 aromatic rings. The number of nitrogens with zero attached hydrogens (tertiary/aromatic N) is 1. The molecule has 2 N–H and O–H groups in total. The van der Waals surface area contributed by atoms with E-state index in [1.165, 1.54) is 5.56 Å². The molecule has 0 radical (unpaired) electrons. The predicted molar refractivity (Wildman–Crippen MR) is 82.4 cm³/mol. The first-order valence-corrected chi connectivity index (χ1v) is 7.25. The average molecular weight is 337 g/mol. The maximum atomic E-state index is 12.7. The van der Waals surface area contributed by atoms with Crippen molar-refractivity contribution in [1.29, 1.82) is 0 Å². The summed E-state index contributed by atoms with van der Waals surface area (Å²) in [6.07, 6.45) is -4.61. The van der Waals surface area contributed by atoms with Crippen LogP contribution in [0, 0.1) is 10.1 Å². The van der Waals surface area contributed by atoms with Crippen LogP contribution in [0.5, 0.6) is 0 Å². The molecule has 0 amide bonds. The van der Waals surface area contributed by atoms with Gasteiger partial charge in [-0.2, -0.15) is 13.2 Å². The molecule has 0 saturated heterocycles. The minimum Gasteiger partial charge on any atom is -0.375 e. The quantitative estimate of drug-likeness (QED) is 0.657. The molecule has 3 rings (SSSR count). The highest BCUT2D eigenvalue weighted by Crippen LogP contribution is 2.35. The van der Waals surface area contributed by atoms with Crippen LogP contribution in [0.25, 0.3) is 0 Å². The summed E-state index contributed by atoms with van der Waals surface area (Å²) in [5, 5.41) is 17.1. The van der Waals surface area contributed by atoms with Gasteiger partial charge in [0.2, 0.25) is 0 Å². The third kappa shape index (κ3) is 3.33. The van der Waals surface area contributed by atoms with Gasteiger partial charge in [0, 0.05) is 25.7 Å². The molecular formula is C16H14F3N3O2. The molecule has 0 unspecified atom stereocenters. The number of nitro benzene ring substituents is 1. The number of nitro groups is 1. The van der Waals surface area contributed by atoms with Gasteiger partial charge in [0.25, 0.3) is 5.69 Å². The van der Waals surface area contributed by atoms with Gasteiger partial charge in [-0.25, -0.2) is 0 Å². The van der Waals surface area contributed by atoms with E-state index in [1.54, 1.807) is 0 Å². The smallest absolute Gasteiger partial charge is 0.375 e. The maximum Gasteiger partial charge on any atom is 0.416 e. The lowest BCUT2D eigenvalue weighted by molar-refractivity contribution is -0.384. The minimum absolute atomic E-state index is 0.0617. The van der Waals surface area contributed by atoms with E-state index in [-0.39, 0.29) is 5.69 Å². The molecule has 0 aromatic heterocycles. The first kappa shape index (κ1) is 16.3. The Kier molecular flexibility index (Phi) is 4.15. The molecule has 1 heterocycles. The van der Waals surface area contributed by atoms with Crippen LogP contribution >= 0.6 is 0 Å². The standard InChI is InChI=1S/C16H14F3N3O2/c17-16(18,19)13-3-4-14(15(6-13)22(23)24)21-7-10-1-2-11-8-20-9-12(11)5-10/h1-6,20-21H,7-9H2. The van der Waals surface area contributed by atoms with Crippen LogP contribution in [0.3, 0.4) is 0 Å². The topological polar surface area (TPSA) is 67.2 Å². The largest absolute Gasteiger partial charge is 0.416 e. The van der Waals surface area contributed by atoms with Crippen molar-refractivity contribution >= 4 is 11.4 Å². The number of alkyl halides is 3. The Morgan fingerprint density at radius 3 is 2.58 bits per heavy atom. The van der Waals surface area contributed by atoms with Gasteiger partial charge in [-0.3, -0.25) is 10.1 Å². The number of nitrogens with one attached hydrogen (secondary N) is 2. The van der Waals surface area contributed by atoms with E-state index in [1.807, 2.05) is 18.2 Å². The molecular weight excluding hydrogens is 323 g/mol. The Hall–Kier alpha value is -2.61. The number of anilines is 1. The summed E-state index contributed by atoms with van der Waals surface area (Å²) in [5.74, 6) is 0. The van der Waals surface area contributed by atoms with E-state index in [9.17, 15) is 23.3 Å². The summed E-state index contributed by atoms with van der Waals surface area (Å²) < 4.78 is 38.1. The average Bonchev–Trinajstić information content (AvgIpc) is 2.99. The van der Waals surface area contributed by atoms with E-state index in [4.69, 9.17) is 0 Å². The summed E-state index contributed by atoms with van der Waals surface area (Å²) >= 11 is 0. The number of hydrogen-bond acceptors (Lipinski definition) is 4. The fraction of sp³-hybridized carbons (Fsp3) is 0.250. The minimum atomic E-state index is -4.61. The molecule has 0 saturated carbocycles. The first-order chi connectivity index (χ1) is 11.3. The van der Waals surface area contributed by atoms with Gasteiger partial charge in [0.05, 0.1) is 10.5 Å². The molecule has 5 nitrogen and oxygen atoms in total. The molecule has 1 aliphatic rings. The Balaban J connectivity index is 1.81. The Bertz CT molecular complexity index is 791. The number of halogens is 3. The van der Waals surface area contributed by atoms with Crippen LogP contribution in [-0.4, -0.2) is 4.92 Å². The molecule has 0 bridgehead atoms. The highest BCUT2D eigenvalue weighted by atomic mass is 19.4. The normalized spacial score (nSPS) is 13.6. The third-order valence-electron chi connectivity index (χ3n) is 3.91. The molecule has 8 heteroatoms. The van der Waals surface area contributed by atoms with Crippen molar-refractivity contribution < 1.29 is 18.1 Å². The van der Waals surface area contributed by atoms with Crippen molar-refractivity contribution in [3.05, 3.63) is 68.8 Å². The van der Waals surface area contributed by atoms with Crippen LogP contribution in [0.4, 0.5) is 24.5 Å². The zero-order valence-electron chi connectivity index (χ0n) is 12.5. The Morgan fingerprint density at radius 1 is 1.12 bits per heavy atom. The maximum absolute atomic E-state index is 12.7. The van der Waals surface area contributed by atoms with Crippen LogP contribution < -0.4 is 10.6 Å². The van der Waals surface area contributed by atoms with E-state index < -0.39 is 22.4 Å². The van der Waals surface area contributed by atoms with Crippen molar-refractivity contribution in [3.8, 4) is 0 Å². The summed E-state index contributed by atoms with van der Waals surface area (Å²) in [6.45, 7) is 1.87. The van der Waals surface area contributed by atoms with Gasteiger partial charge < -0.3 is 10.6 Å². The van der Waals surface area contributed by atoms with Crippen molar-refractivity contribution in [2.24, 2.45) is 0 Å². The highest BCUT2D eigenvalue weighted by molar-refractivity contribution is 5.63. The van der Waals surface area contributed by atoms with Gasteiger partial charge in [-0.15, -0.1) is 0 Å². The van der Waals surface area contributed by atoms with E-state index >= 15 is 0 Å². The van der Waals surface area contributed by atoms with E-state index in [0.717, 1.165) is 36.3 Å². The number of rotatable bonds is 4. The van der Waals surface area contributed by atoms with Crippen LogP contribution in [0.1, 0.15) is 22.3 Å². The highest BCUT2D eigenvalue weighted by Gasteiger charge is 2.33. The van der Waals surface area contributed by atoms with Gasteiger partial charge in [0.15, 0.2) is 0 Å². The molecule has 24 heavy (non-hydrogen) atoms. The van der Waals surface area contributed by atoms with Gasteiger partial charge in [-0.05, 0) is 28.8 Å². The fourth-order valence-electron chi connectivity index (χ4n) is 2.66. The number of benzene rings is 2. The summed E-state index contributed by atoms with van der Waals surface area (Å²) in [6, 6.07) is 8.34. The van der Waals surface area contributed by atoms with Crippen molar-refractivity contribution in [3.63, 3.8) is 0 Å². The fourth-order valence-corrected chi connectivity index (χ4v) is 2.66. The van der Waals surface area contributed by atoms with Crippen molar-refractivity contribution in [2.75, 3.05) is 5.32 Å². The summed E-state index contributed by atoms with van der Waals surface area (Å²) in [4.78, 5) is 10.2. The SMILES string of the molecule is O=[N+]([O-])c1cc(C(F)(F)F)ccc1NCc1ccc2c(c1)CNC2. The molecule has 0 atom stereocenters. The molecule has 0 fully saturated rings. The van der Waals surface area contributed by atoms with Gasteiger partial charge in [0.1, 0.15) is 5.69 Å². The predicted octanol–water partition coefficient (Wildman–Crippen LogP) is 3.83. The van der Waals surface area contributed by atoms with E-state index in [2.05, 4.69) is 10.6 Å². The number of fused-ring (bicyclic) bond motifs is 1. The van der Waals surface area contributed by atoms with Crippen LogP contribution in [0.2, 0.25) is 0 Å².